The first kappa shape index (κ1) is 17.6. The molecule has 5 heteroatoms. The number of piperidine rings is 1. The Morgan fingerprint density at radius 3 is 2.35 bits per heavy atom. The van der Waals surface area contributed by atoms with E-state index < -0.39 is 10.0 Å². The van der Waals surface area contributed by atoms with E-state index in [0.717, 1.165) is 38.5 Å². The number of rotatable bonds is 8. The number of carbonyl (C=O) groups is 1. The molecule has 0 radical (unpaired) electrons. The number of hydrogen-bond acceptors (Lipinski definition) is 3. The summed E-state index contributed by atoms with van der Waals surface area (Å²) in [5.41, 5.74) is 0. The standard InChI is InChI=1S/C15H29NO3S/c1-4-7-14(8-5-2)15(17)11-13-9-6-10-16(12-13)20(3,18)19/h13-14H,4-12H2,1-3H3. The zero-order valence-corrected chi connectivity index (χ0v) is 13.9. The maximum Gasteiger partial charge on any atom is 0.211 e. The number of nitrogens with zero attached hydrogens (tertiary/aromatic N) is 1. The lowest BCUT2D eigenvalue weighted by atomic mass is 9.86. The SMILES string of the molecule is CCCC(CCC)C(=O)CC1CCCN(S(C)(=O)=O)C1. The van der Waals surface area contributed by atoms with E-state index in [1.165, 1.54) is 10.6 Å². The van der Waals surface area contributed by atoms with Crippen molar-refractivity contribution in [3.05, 3.63) is 0 Å². The first-order valence-corrected chi connectivity index (χ1v) is 9.71. The fourth-order valence-electron chi connectivity index (χ4n) is 3.11. The van der Waals surface area contributed by atoms with Crippen molar-refractivity contribution < 1.29 is 13.2 Å². The third-order valence-corrected chi connectivity index (χ3v) is 5.44. The largest absolute Gasteiger partial charge is 0.299 e. The van der Waals surface area contributed by atoms with Crippen LogP contribution in [0.5, 0.6) is 0 Å². The summed E-state index contributed by atoms with van der Waals surface area (Å²) < 4.78 is 24.7. The van der Waals surface area contributed by atoms with E-state index in [2.05, 4.69) is 13.8 Å². The van der Waals surface area contributed by atoms with Crippen molar-refractivity contribution >= 4 is 15.8 Å². The lowest BCUT2D eigenvalue weighted by Crippen LogP contribution is -2.40. The van der Waals surface area contributed by atoms with E-state index in [1.807, 2.05) is 0 Å². The molecule has 0 bridgehead atoms. The lowest BCUT2D eigenvalue weighted by molar-refractivity contribution is -0.124. The molecule has 1 aliphatic rings. The number of ketones is 1. The van der Waals surface area contributed by atoms with Gasteiger partial charge in [0.05, 0.1) is 6.26 Å². The summed E-state index contributed by atoms with van der Waals surface area (Å²) >= 11 is 0. The van der Waals surface area contributed by atoms with Gasteiger partial charge in [-0.15, -0.1) is 0 Å². The topological polar surface area (TPSA) is 54.5 Å². The van der Waals surface area contributed by atoms with E-state index in [0.29, 0.717) is 25.3 Å². The summed E-state index contributed by atoms with van der Waals surface area (Å²) in [6.45, 7) is 5.36. The normalized spacial score (nSPS) is 21.3. The Morgan fingerprint density at radius 2 is 1.85 bits per heavy atom. The van der Waals surface area contributed by atoms with Crippen molar-refractivity contribution in [2.75, 3.05) is 19.3 Å². The van der Waals surface area contributed by atoms with E-state index >= 15 is 0 Å². The van der Waals surface area contributed by atoms with Crippen molar-refractivity contribution in [1.82, 2.24) is 4.31 Å². The van der Waals surface area contributed by atoms with Crippen molar-refractivity contribution in [1.29, 1.82) is 0 Å². The van der Waals surface area contributed by atoms with Gasteiger partial charge in [-0.1, -0.05) is 26.7 Å². The van der Waals surface area contributed by atoms with Crippen LogP contribution in [-0.2, 0) is 14.8 Å². The summed E-state index contributed by atoms with van der Waals surface area (Å²) in [6, 6.07) is 0. The van der Waals surface area contributed by atoms with Crippen LogP contribution >= 0.6 is 0 Å². The molecule has 0 saturated carbocycles. The van der Waals surface area contributed by atoms with Gasteiger partial charge in [0.1, 0.15) is 5.78 Å². The Hall–Kier alpha value is -0.420. The highest BCUT2D eigenvalue weighted by molar-refractivity contribution is 7.88. The first-order valence-electron chi connectivity index (χ1n) is 7.86. The van der Waals surface area contributed by atoms with Crippen LogP contribution in [-0.4, -0.2) is 37.9 Å². The van der Waals surface area contributed by atoms with Crippen LogP contribution < -0.4 is 0 Å². The number of hydrogen-bond donors (Lipinski definition) is 0. The van der Waals surface area contributed by atoms with Crippen LogP contribution in [0.3, 0.4) is 0 Å². The van der Waals surface area contributed by atoms with Crippen LogP contribution in [0.15, 0.2) is 0 Å². The molecule has 1 rings (SSSR count). The number of carbonyl (C=O) groups excluding carboxylic acids is 1. The average Bonchev–Trinajstić information content (AvgIpc) is 2.38. The molecule has 20 heavy (non-hydrogen) atoms. The molecule has 118 valence electrons. The summed E-state index contributed by atoms with van der Waals surface area (Å²) in [4.78, 5) is 12.4. The van der Waals surface area contributed by atoms with Crippen molar-refractivity contribution in [2.45, 2.75) is 58.8 Å². The molecule has 1 saturated heterocycles. The second-order valence-electron chi connectivity index (χ2n) is 6.07. The van der Waals surface area contributed by atoms with Gasteiger partial charge in [0.15, 0.2) is 0 Å². The Balaban J connectivity index is 2.56. The molecule has 4 nitrogen and oxygen atoms in total. The molecule has 1 aliphatic heterocycles. The van der Waals surface area contributed by atoms with Gasteiger partial charge in [0.2, 0.25) is 10.0 Å². The quantitative estimate of drug-likeness (QED) is 0.693. The number of sulfonamides is 1. The summed E-state index contributed by atoms with van der Waals surface area (Å²) in [6.07, 6.45) is 7.67. The lowest BCUT2D eigenvalue weighted by Gasteiger charge is -2.31. The van der Waals surface area contributed by atoms with Crippen LogP contribution in [0.25, 0.3) is 0 Å². The molecule has 1 heterocycles. The molecule has 0 amide bonds. The fraction of sp³-hybridized carbons (Fsp3) is 0.933. The molecule has 1 fully saturated rings. The zero-order chi connectivity index (χ0) is 15.2. The predicted octanol–water partition coefficient (Wildman–Crippen LogP) is 2.83. The summed E-state index contributed by atoms with van der Waals surface area (Å²) in [7, 11) is -3.11. The van der Waals surface area contributed by atoms with Crippen molar-refractivity contribution in [3.8, 4) is 0 Å². The average molecular weight is 303 g/mol. The Kier molecular flexibility index (Phi) is 7.17. The maximum atomic E-state index is 12.4. The highest BCUT2D eigenvalue weighted by Crippen LogP contribution is 2.25. The second kappa shape index (κ2) is 8.13. The van der Waals surface area contributed by atoms with Gasteiger partial charge in [-0.05, 0) is 31.6 Å². The maximum absolute atomic E-state index is 12.4. The van der Waals surface area contributed by atoms with Crippen LogP contribution in [0.1, 0.15) is 58.8 Å². The first-order chi connectivity index (χ1) is 9.38. The van der Waals surface area contributed by atoms with Crippen LogP contribution in [0, 0.1) is 11.8 Å². The van der Waals surface area contributed by atoms with Crippen LogP contribution in [0.2, 0.25) is 0 Å². The van der Waals surface area contributed by atoms with Gasteiger partial charge in [-0.3, -0.25) is 4.79 Å². The number of Topliss-reactive ketones (excluding diaryl/α,β-unsaturated/α-hetero) is 1. The third kappa shape index (κ3) is 5.52. The Morgan fingerprint density at radius 1 is 1.25 bits per heavy atom. The minimum Gasteiger partial charge on any atom is -0.299 e. The fourth-order valence-corrected chi connectivity index (χ4v) is 4.05. The molecule has 0 aromatic rings. The van der Waals surface area contributed by atoms with Gasteiger partial charge in [0, 0.05) is 25.4 Å². The molecule has 0 aliphatic carbocycles. The smallest absolute Gasteiger partial charge is 0.211 e. The van der Waals surface area contributed by atoms with Gasteiger partial charge >= 0.3 is 0 Å². The summed E-state index contributed by atoms with van der Waals surface area (Å²) in [5.74, 6) is 0.731. The molecule has 0 spiro atoms. The van der Waals surface area contributed by atoms with Gasteiger partial charge in [0.25, 0.3) is 0 Å². The molecular formula is C15H29NO3S. The molecule has 0 aromatic heterocycles. The molecule has 1 atom stereocenters. The minimum absolute atomic E-state index is 0.179. The summed E-state index contributed by atoms with van der Waals surface area (Å²) in [5, 5.41) is 0. The molecule has 0 N–H and O–H groups in total. The molecule has 1 unspecified atom stereocenters. The second-order valence-corrected chi connectivity index (χ2v) is 8.06. The Bertz CT molecular complexity index is 399. The van der Waals surface area contributed by atoms with Crippen molar-refractivity contribution in [2.24, 2.45) is 11.8 Å². The zero-order valence-electron chi connectivity index (χ0n) is 13.1. The van der Waals surface area contributed by atoms with Gasteiger partial charge < -0.3 is 0 Å². The molecular weight excluding hydrogens is 274 g/mol. The van der Waals surface area contributed by atoms with E-state index in [1.54, 1.807) is 0 Å². The monoisotopic (exact) mass is 303 g/mol. The minimum atomic E-state index is -3.11. The third-order valence-electron chi connectivity index (χ3n) is 4.17. The van der Waals surface area contributed by atoms with Gasteiger partial charge in [-0.25, -0.2) is 12.7 Å². The van der Waals surface area contributed by atoms with E-state index in [9.17, 15) is 13.2 Å². The van der Waals surface area contributed by atoms with Crippen molar-refractivity contribution in [3.63, 3.8) is 0 Å². The highest BCUT2D eigenvalue weighted by atomic mass is 32.2. The van der Waals surface area contributed by atoms with E-state index in [4.69, 9.17) is 0 Å². The van der Waals surface area contributed by atoms with Crippen LogP contribution in [0.4, 0.5) is 0 Å². The Labute approximate surface area is 124 Å². The highest BCUT2D eigenvalue weighted by Gasteiger charge is 2.28. The van der Waals surface area contributed by atoms with Gasteiger partial charge in [-0.2, -0.15) is 0 Å². The van der Waals surface area contributed by atoms with E-state index in [-0.39, 0.29) is 11.8 Å². The predicted molar refractivity (Wildman–Crippen MR) is 82.1 cm³/mol. The molecule has 0 aromatic carbocycles.